The summed E-state index contributed by atoms with van der Waals surface area (Å²) in [5.41, 5.74) is 1.04. The van der Waals surface area contributed by atoms with Gasteiger partial charge >= 0.3 is 18.1 Å². The lowest BCUT2D eigenvalue weighted by Crippen LogP contribution is -2.36. The maximum atomic E-state index is 12.9. The molecule has 0 saturated heterocycles. The van der Waals surface area contributed by atoms with Crippen LogP contribution < -0.4 is 14.8 Å². The van der Waals surface area contributed by atoms with Crippen molar-refractivity contribution in [3.05, 3.63) is 27.8 Å². The lowest BCUT2D eigenvalue weighted by Gasteiger charge is -2.26. The number of anilines is 1. The van der Waals surface area contributed by atoms with E-state index >= 15 is 0 Å². The van der Waals surface area contributed by atoms with Crippen LogP contribution in [-0.2, 0) is 22.4 Å². The maximum Gasteiger partial charge on any atom is 0.410 e. The quantitative estimate of drug-likeness (QED) is 0.614. The number of esters is 1. The average Bonchev–Trinajstić information content (AvgIpc) is 3.15. The van der Waals surface area contributed by atoms with E-state index in [1.807, 2.05) is 0 Å². The number of carbonyl (C=O) groups excluding carboxylic acids is 3. The van der Waals surface area contributed by atoms with Crippen LogP contribution in [-0.4, -0.2) is 66.8 Å². The van der Waals surface area contributed by atoms with Gasteiger partial charge in [-0.3, -0.25) is 4.79 Å². The van der Waals surface area contributed by atoms with Gasteiger partial charge in [0.2, 0.25) is 5.88 Å². The number of hydrogen-bond donors (Lipinski definition) is 1. The van der Waals surface area contributed by atoms with Crippen molar-refractivity contribution in [1.29, 1.82) is 0 Å². The normalized spacial score (nSPS) is 12.6. The molecule has 0 aromatic carbocycles. The van der Waals surface area contributed by atoms with Gasteiger partial charge in [-0.15, -0.1) is 11.3 Å². The predicted octanol–water partition coefficient (Wildman–Crippen LogP) is 2.50. The number of hydrogen-bond acceptors (Lipinski definition) is 10. The predicted molar refractivity (Wildman–Crippen MR) is 115 cm³/mol. The molecule has 1 aliphatic heterocycles. The summed E-state index contributed by atoms with van der Waals surface area (Å²) < 4.78 is 20.4. The summed E-state index contributed by atoms with van der Waals surface area (Å²) in [6, 6.07) is 1.33. The average molecular weight is 465 g/mol. The van der Waals surface area contributed by atoms with Gasteiger partial charge in [0.25, 0.3) is 5.91 Å². The van der Waals surface area contributed by atoms with Crippen LogP contribution in [0.4, 0.5) is 9.80 Å². The number of aromatic nitrogens is 2. The van der Waals surface area contributed by atoms with Crippen LogP contribution in [0.2, 0.25) is 0 Å². The van der Waals surface area contributed by atoms with Crippen molar-refractivity contribution < 1.29 is 33.3 Å². The van der Waals surface area contributed by atoms with Crippen molar-refractivity contribution in [2.45, 2.75) is 26.8 Å². The molecule has 0 bridgehead atoms. The van der Waals surface area contributed by atoms with Crippen LogP contribution >= 0.6 is 11.3 Å². The molecule has 2 aromatic rings. The van der Waals surface area contributed by atoms with Crippen LogP contribution in [0, 0.1) is 0 Å². The van der Waals surface area contributed by atoms with Crippen LogP contribution in [0.3, 0.4) is 0 Å². The third-order valence-corrected chi connectivity index (χ3v) is 5.73. The Balaban J connectivity index is 1.93. The fraction of sp³-hybridized carbons (Fsp3) is 0.450. The highest BCUT2D eigenvalue weighted by molar-refractivity contribution is 7.17. The number of nitrogens with zero attached hydrogens (tertiary/aromatic N) is 3. The molecule has 0 atom stereocenters. The van der Waals surface area contributed by atoms with Gasteiger partial charge < -0.3 is 29.2 Å². The van der Waals surface area contributed by atoms with E-state index in [-0.39, 0.29) is 42.9 Å². The van der Waals surface area contributed by atoms with E-state index in [1.165, 1.54) is 31.6 Å². The third-order valence-electron chi connectivity index (χ3n) is 4.60. The number of rotatable bonds is 7. The second-order valence-corrected chi connectivity index (χ2v) is 7.64. The van der Waals surface area contributed by atoms with E-state index in [4.69, 9.17) is 18.9 Å². The van der Waals surface area contributed by atoms with Gasteiger partial charge in [0, 0.05) is 17.5 Å². The minimum atomic E-state index is -0.574. The van der Waals surface area contributed by atoms with Gasteiger partial charge in [0.05, 0.1) is 39.5 Å². The Morgan fingerprint density at radius 3 is 2.53 bits per heavy atom. The lowest BCUT2D eigenvalue weighted by molar-refractivity contribution is 0.0526. The highest BCUT2D eigenvalue weighted by atomic mass is 32.1. The second-order valence-electron chi connectivity index (χ2n) is 6.54. The molecule has 172 valence electrons. The topological polar surface area (TPSA) is 129 Å². The molecule has 0 aliphatic carbocycles. The minimum absolute atomic E-state index is 0.00281. The number of nitrogens with one attached hydrogen (secondary N) is 1. The molecule has 2 aromatic heterocycles. The van der Waals surface area contributed by atoms with Crippen LogP contribution in [0.5, 0.6) is 11.9 Å². The van der Waals surface area contributed by atoms with Crippen molar-refractivity contribution in [3.8, 4) is 11.9 Å². The number of ether oxygens (including phenoxy) is 4. The second kappa shape index (κ2) is 10.3. The zero-order valence-electron chi connectivity index (χ0n) is 18.2. The smallest absolute Gasteiger partial charge is 0.410 e. The third kappa shape index (κ3) is 4.90. The number of amides is 2. The van der Waals surface area contributed by atoms with Gasteiger partial charge in [0.1, 0.15) is 10.7 Å². The first-order chi connectivity index (χ1) is 15.4. The monoisotopic (exact) mass is 464 g/mol. The van der Waals surface area contributed by atoms with E-state index in [1.54, 1.807) is 18.7 Å². The Bertz CT molecular complexity index is 1000. The van der Waals surface area contributed by atoms with E-state index in [2.05, 4.69) is 15.3 Å². The molecule has 12 heteroatoms. The zero-order chi connectivity index (χ0) is 23.3. The molecular weight excluding hydrogens is 440 g/mol. The molecule has 3 heterocycles. The first-order valence-corrected chi connectivity index (χ1v) is 10.7. The zero-order valence-corrected chi connectivity index (χ0v) is 19.0. The maximum absolute atomic E-state index is 12.9. The molecular formula is C20H24N4O7S. The van der Waals surface area contributed by atoms with Crippen LogP contribution in [0.25, 0.3) is 0 Å². The van der Waals surface area contributed by atoms with Crippen molar-refractivity contribution in [2.75, 3.05) is 39.3 Å². The standard InChI is InChI=1S/C20H24N4O7S/c1-5-30-18(26)15-11-7-8-24(20(27)31-6-2)10-13(11)32-17(15)23-16(25)12-9-14(28-3)22-19(21-12)29-4/h9H,5-8,10H2,1-4H3,(H,23,25). The molecule has 0 unspecified atom stereocenters. The molecule has 0 spiro atoms. The summed E-state index contributed by atoms with van der Waals surface area (Å²) in [5.74, 6) is -0.957. The molecule has 2 amide bonds. The van der Waals surface area contributed by atoms with Crippen molar-refractivity contribution in [1.82, 2.24) is 14.9 Å². The first-order valence-electron chi connectivity index (χ1n) is 9.93. The van der Waals surface area contributed by atoms with Crippen molar-refractivity contribution in [2.24, 2.45) is 0 Å². The van der Waals surface area contributed by atoms with Gasteiger partial charge in [-0.2, -0.15) is 9.97 Å². The van der Waals surface area contributed by atoms with Crippen LogP contribution in [0.15, 0.2) is 6.07 Å². The van der Waals surface area contributed by atoms with Gasteiger partial charge in [-0.05, 0) is 25.8 Å². The van der Waals surface area contributed by atoms with Gasteiger partial charge in [-0.25, -0.2) is 9.59 Å². The van der Waals surface area contributed by atoms with Gasteiger partial charge in [-0.1, -0.05) is 0 Å². The molecule has 1 N–H and O–H groups in total. The summed E-state index contributed by atoms with van der Waals surface area (Å²) in [6.45, 7) is 4.57. The number of carbonyl (C=O) groups is 3. The highest BCUT2D eigenvalue weighted by Crippen LogP contribution is 2.38. The largest absolute Gasteiger partial charge is 0.481 e. The molecule has 3 rings (SSSR count). The molecule has 0 fully saturated rings. The highest BCUT2D eigenvalue weighted by Gasteiger charge is 2.31. The summed E-state index contributed by atoms with van der Waals surface area (Å²) in [6.07, 6.45) is 0.0130. The Kier molecular flexibility index (Phi) is 7.46. The Hall–Kier alpha value is -3.41. The Labute approximate surface area is 188 Å². The van der Waals surface area contributed by atoms with Crippen molar-refractivity contribution >= 4 is 34.3 Å². The Morgan fingerprint density at radius 2 is 1.88 bits per heavy atom. The summed E-state index contributed by atoms with van der Waals surface area (Å²) >= 11 is 1.21. The number of fused-ring (bicyclic) bond motifs is 1. The molecule has 32 heavy (non-hydrogen) atoms. The lowest BCUT2D eigenvalue weighted by atomic mass is 10.0. The van der Waals surface area contributed by atoms with E-state index in [0.29, 0.717) is 18.0 Å². The fourth-order valence-electron chi connectivity index (χ4n) is 3.16. The Morgan fingerprint density at radius 1 is 1.12 bits per heavy atom. The van der Waals surface area contributed by atoms with Crippen LogP contribution in [0.1, 0.15) is 45.1 Å². The van der Waals surface area contributed by atoms with Gasteiger partial charge in [0.15, 0.2) is 0 Å². The van der Waals surface area contributed by atoms with Crippen molar-refractivity contribution in [3.63, 3.8) is 0 Å². The summed E-state index contributed by atoms with van der Waals surface area (Å²) in [7, 11) is 2.78. The summed E-state index contributed by atoms with van der Waals surface area (Å²) in [4.78, 5) is 48.1. The van der Waals surface area contributed by atoms with E-state index in [0.717, 1.165) is 10.4 Å². The minimum Gasteiger partial charge on any atom is -0.481 e. The SMILES string of the molecule is CCOC(=O)c1c(NC(=O)c2cc(OC)nc(OC)n2)sc2c1CCN(C(=O)OCC)C2. The molecule has 0 saturated carbocycles. The molecule has 1 aliphatic rings. The first kappa shape index (κ1) is 23.3. The van der Waals surface area contributed by atoms with E-state index in [9.17, 15) is 14.4 Å². The number of thiophene rings is 1. The number of methoxy groups -OCH3 is 2. The fourth-order valence-corrected chi connectivity index (χ4v) is 4.41. The van der Waals surface area contributed by atoms with E-state index < -0.39 is 18.0 Å². The molecule has 11 nitrogen and oxygen atoms in total. The summed E-state index contributed by atoms with van der Waals surface area (Å²) in [5, 5.41) is 3.06. The molecule has 0 radical (unpaired) electrons.